The van der Waals surface area contributed by atoms with Gasteiger partial charge in [-0.1, -0.05) is 19.1 Å². The molecule has 0 saturated carbocycles. The largest absolute Gasteiger partial charge is 0.506 e. The summed E-state index contributed by atoms with van der Waals surface area (Å²) in [4.78, 5) is -0.450. The van der Waals surface area contributed by atoms with E-state index in [4.69, 9.17) is 0 Å². The number of sulfonamides is 1. The third-order valence-electron chi connectivity index (χ3n) is 3.09. The third kappa shape index (κ3) is 3.33. The van der Waals surface area contributed by atoms with Crippen LogP contribution >= 0.6 is 0 Å². The monoisotopic (exact) mass is 309 g/mol. The molecule has 6 heteroatoms. The molecule has 4 nitrogen and oxygen atoms in total. The van der Waals surface area contributed by atoms with Crippen molar-refractivity contribution in [3.63, 3.8) is 0 Å². The van der Waals surface area contributed by atoms with Crippen molar-refractivity contribution < 1.29 is 17.9 Å². The van der Waals surface area contributed by atoms with Crippen molar-refractivity contribution in [3.8, 4) is 5.75 Å². The minimum atomic E-state index is -4.09. The molecule has 0 radical (unpaired) electrons. The molecule has 0 saturated heterocycles. The molecule has 0 aliphatic carbocycles. The first-order valence-corrected chi connectivity index (χ1v) is 7.92. The van der Waals surface area contributed by atoms with Crippen LogP contribution in [0.5, 0.6) is 5.75 Å². The highest BCUT2D eigenvalue weighted by molar-refractivity contribution is 7.92. The van der Waals surface area contributed by atoms with Gasteiger partial charge in [-0.2, -0.15) is 0 Å². The van der Waals surface area contributed by atoms with Crippen molar-refractivity contribution in [2.24, 2.45) is 0 Å². The van der Waals surface area contributed by atoms with Crippen molar-refractivity contribution in [2.75, 3.05) is 4.72 Å². The fraction of sp³-hybridized carbons (Fsp3) is 0.200. The van der Waals surface area contributed by atoms with E-state index in [0.29, 0.717) is 12.0 Å². The van der Waals surface area contributed by atoms with Crippen LogP contribution in [-0.2, 0) is 16.4 Å². The van der Waals surface area contributed by atoms with Gasteiger partial charge >= 0.3 is 0 Å². The minimum absolute atomic E-state index is 0.0364. The zero-order valence-corrected chi connectivity index (χ0v) is 12.5. The van der Waals surface area contributed by atoms with Crippen molar-refractivity contribution in [1.29, 1.82) is 0 Å². The number of halogens is 1. The van der Waals surface area contributed by atoms with E-state index in [1.807, 2.05) is 6.92 Å². The van der Waals surface area contributed by atoms with E-state index in [2.05, 4.69) is 4.72 Å². The molecule has 112 valence electrons. The van der Waals surface area contributed by atoms with E-state index in [1.54, 1.807) is 13.0 Å². The molecular formula is C15H16FNO3S. The zero-order chi connectivity index (χ0) is 15.6. The standard InChI is InChI=1S/C15H16FNO3S/c1-3-11-5-6-14(18)13(9-11)17-21(19,20)15-7-4-10(2)8-12(15)16/h4-9,17-18H,3H2,1-2H3. The number of rotatable bonds is 4. The number of hydrogen-bond acceptors (Lipinski definition) is 3. The molecule has 0 unspecified atom stereocenters. The molecule has 0 spiro atoms. The zero-order valence-electron chi connectivity index (χ0n) is 11.7. The lowest BCUT2D eigenvalue weighted by molar-refractivity contribution is 0.477. The Labute approximate surface area is 123 Å². The molecule has 0 fully saturated rings. The highest BCUT2D eigenvalue weighted by atomic mass is 32.2. The van der Waals surface area contributed by atoms with Gasteiger partial charge in [-0.15, -0.1) is 0 Å². The average Bonchev–Trinajstić information content (AvgIpc) is 2.40. The highest BCUT2D eigenvalue weighted by Crippen LogP contribution is 2.28. The summed E-state index contributed by atoms with van der Waals surface area (Å²) < 4.78 is 40.5. The van der Waals surface area contributed by atoms with Gasteiger partial charge in [0.05, 0.1) is 5.69 Å². The molecule has 2 N–H and O–H groups in total. The summed E-state index contributed by atoms with van der Waals surface area (Å²) in [6.45, 7) is 3.58. The van der Waals surface area contributed by atoms with Gasteiger partial charge in [-0.25, -0.2) is 12.8 Å². The van der Waals surface area contributed by atoms with Crippen molar-refractivity contribution in [3.05, 3.63) is 53.3 Å². The second-order valence-electron chi connectivity index (χ2n) is 4.74. The molecule has 0 amide bonds. The Morgan fingerprint density at radius 1 is 1.19 bits per heavy atom. The molecule has 2 aromatic carbocycles. The third-order valence-corrected chi connectivity index (χ3v) is 4.49. The topological polar surface area (TPSA) is 66.4 Å². The summed E-state index contributed by atoms with van der Waals surface area (Å²) in [5.41, 5.74) is 1.52. The number of nitrogens with one attached hydrogen (secondary N) is 1. The van der Waals surface area contributed by atoms with Crippen LogP contribution in [0.15, 0.2) is 41.3 Å². The van der Waals surface area contributed by atoms with Gasteiger partial charge in [-0.05, 0) is 48.7 Å². The van der Waals surface area contributed by atoms with E-state index < -0.39 is 20.7 Å². The summed E-state index contributed by atoms with van der Waals surface area (Å²) in [6, 6.07) is 8.49. The Balaban J connectivity index is 2.42. The number of anilines is 1. The molecule has 2 rings (SSSR count). The van der Waals surface area contributed by atoms with Gasteiger partial charge in [0.2, 0.25) is 0 Å². The van der Waals surface area contributed by atoms with Crippen LogP contribution in [0, 0.1) is 12.7 Å². The quantitative estimate of drug-likeness (QED) is 0.852. The Morgan fingerprint density at radius 3 is 2.52 bits per heavy atom. The maximum absolute atomic E-state index is 13.8. The van der Waals surface area contributed by atoms with Crippen LogP contribution < -0.4 is 4.72 Å². The van der Waals surface area contributed by atoms with Crippen LogP contribution in [0.25, 0.3) is 0 Å². The fourth-order valence-electron chi connectivity index (χ4n) is 1.91. The maximum atomic E-state index is 13.8. The van der Waals surface area contributed by atoms with E-state index >= 15 is 0 Å². The van der Waals surface area contributed by atoms with Crippen LogP contribution in [0.2, 0.25) is 0 Å². The molecule has 0 bridgehead atoms. The Bertz CT molecular complexity index is 772. The molecule has 0 atom stereocenters. The van der Waals surface area contributed by atoms with Crippen LogP contribution in [0.4, 0.5) is 10.1 Å². The van der Waals surface area contributed by atoms with Gasteiger partial charge in [0.1, 0.15) is 16.5 Å². The van der Waals surface area contributed by atoms with E-state index in [1.165, 1.54) is 24.3 Å². The van der Waals surface area contributed by atoms with Gasteiger partial charge in [-0.3, -0.25) is 4.72 Å². The van der Waals surface area contributed by atoms with Crippen molar-refractivity contribution in [2.45, 2.75) is 25.2 Å². The molecule has 0 aliphatic heterocycles. The van der Waals surface area contributed by atoms with Crippen molar-refractivity contribution >= 4 is 15.7 Å². The Hall–Kier alpha value is -2.08. The molecule has 0 aliphatic rings. The Kier molecular flexibility index (Phi) is 4.18. The van der Waals surface area contributed by atoms with Gasteiger partial charge < -0.3 is 5.11 Å². The van der Waals surface area contributed by atoms with Crippen LogP contribution in [0.1, 0.15) is 18.1 Å². The average molecular weight is 309 g/mol. The first-order valence-electron chi connectivity index (χ1n) is 6.44. The maximum Gasteiger partial charge on any atom is 0.264 e. The number of phenols is 1. The highest BCUT2D eigenvalue weighted by Gasteiger charge is 2.20. The first-order chi connectivity index (χ1) is 9.83. The summed E-state index contributed by atoms with van der Waals surface area (Å²) >= 11 is 0. The number of aromatic hydroxyl groups is 1. The smallest absolute Gasteiger partial charge is 0.264 e. The summed E-state index contributed by atoms with van der Waals surface area (Å²) in [7, 11) is -4.09. The lowest BCUT2D eigenvalue weighted by Gasteiger charge is -2.11. The fourth-order valence-corrected chi connectivity index (χ4v) is 3.03. The molecule has 0 heterocycles. The predicted octanol–water partition coefficient (Wildman–Crippen LogP) is 3.20. The predicted molar refractivity (Wildman–Crippen MR) is 79.4 cm³/mol. The molecular weight excluding hydrogens is 293 g/mol. The lowest BCUT2D eigenvalue weighted by Crippen LogP contribution is -2.15. The summed E-state index contributed by atoms with van der Waals surface area (Å²) in [6.07, 6.45) is 0.688. The van der Waals surface area contributed by atoms with E-state index in [9.17, 15) is 17.9 Å². The van der Waals surface area contributed by atoms with Gasteiger partial charge in [0, 0.05) is 0 Å². The molecule has 2 aromatic rings. The lowest BCUT2D eigenvalue weighted by atomic mass is 10.1. The second kappa shape index (κ2) is 5.73. The minimum Gasteiger partial charge on any atom is -0.506 e. The number of phenolic OH excluding ortho intramolecular Hbond substituents is 1. The number of benzene rings is 2. The number of aryl methyl sites for hydroxylation is 2. The Morgan fingerprint density at radius 2 is 1.90 bits per heavy atom. The van der Waals surface area contributed by atoms with Crippen molar-refractivity contribution in [1.82, 2.24) is 0 Å². The van der Waals surface area contributed by atoms with E-state index in [0.717, 1.165) is 11.6 Å². The van der Waals surface area contributed by atoms with E-state index in [-0.39, 0.29) is 11.4 Å². The van der Waals surface area contributed by atoms with Gasteiger partial charge in [0.15, 0.2) is 0 Å². The van der Waals surface area contributed by atoms with Crippen LogP contribution in [-0.4, -0.2) is 13.5 Å². The van der Waals surface area contributed by atoms with Crippen LogP contribution in [0.3, 0.4) is 0 Å². The SMILES string of the molecule is CCc1ccc(O)c(NS(=O)(=O)c2ccc(C)cc2F)c1. The molecule has 0 aromatic heterocycles. The molecule has 21 heavy (non-hydrogen) atoms. The van der Waals surface area contributed by atoms with Gasteiger partial charge in [0.25, 0.3) is 10.0 Å². The first kappa shape index (κ1) is 15.3. The summed E-state index contributed by atoms with van der Waals surface area (Å²) in [5, 5.41) is 9.73. The number of hydrogen-bond donors (Lipinski definition) is 2. The second-order valence-corrected chi connectivity index (χ2v) is 6.40. The summed E-state index contributed by atoms with van der Waals surface area (Å²) in [5.74, 6) is -1.03. The normalized spacial score (nSPS) is 11.4.